The predicted octanol–water partition coefficient (Wildman–Crippen LogP) is 4.68. The highest BCUT2D eigenvalue weighted by Gasteiger charge is 2.13. The van der Waals surface area contributed by atoms with E-state index < -0.39 is 10.0 Å². The van der Waals surface area contributed by atoms with E-state index in [1.165, 1.54) is 11.3 Å². The van der Waals surface area contributed by atoms with E-state index in [1.807, 2.05) is 0 Å². The third kappa shape index (κ3) is 5.30. The summed E-state index contributed by atoms with van der Waals surface area (Å²) in [6.07, 6.45) is 0.551. The Labute approximate surface area is 155 Å². The van der Waals surface area contributed by atoms with Crippen molar-refractivity contribution in [1.82, 2.24) is 0 Å². The first-order valence-electron chi connectivity index (χ1n) is 6.67. The summed E-state index contributed by atoms with van der Waals surface area (Å²) < 4.78 is 27.6. The lowest BCUT2D eigenvalue weighted by Crippen LogP contribution is -2.16. The van der Waals surface area contributed by atoms with Gasteiger partial charge in [0.15, 0.2) is 0 Å². The zero-order chi connectivity index (χ0) is 17.0. The Bertz CT molecular complexity index is 782. The summed E-state index contributed by atoms with van der Waals surface area (Å²) in [5, 5.41) is 2.77. The number of sulfonamides is 1. The summed E-state index contributed by atoms with van der Waals surface area (Å²) in [5.41, 5.74) is 1.06. The van der Waals surface area contributed by atoms with Gasteiger partial charge in [-0.05, 0) is 68.6 Å². The van der Waals surface area contributed by atoms with Gasteiger partial charge in [0.2, 0.25) is 10.0 Å². The van der Waals surface area contributed by atoms with Crippen LogP contribution in [-0.4, -0.2) is 20.1 Å². The second-order valence-electron chi connectivity index (χ2n) is 4.68. The molecule has 0 saturated carbocycles. The maximum atomic E-state index is 12.1. The SMILES string of the molecule is CCCS(=O)(=O)Nc1ccc(NC(=O)c2cc(Br)c(Br)s2)cc1. The van der Waals surface area contributed by atoms with Crippen molar-refractivity contribution in [2.45, 2.75) is 13.3 Å². The van der Waals surface area contributed by atoms with Gasteiger partial charge in [0.05, 0.1) is 14.4 Å². The molecule has 1 amide bonds. The molecule has 2 N–H and O–H groups in total. The number of halogens is 2. The normalized spacial score (nSPS) is 11.3. The first kappa shape index (κ1) is 18.4. The molecule has 1 aromatic carbocycles. The summed E-state index contributed by atoms with van der Waals surface area (Å²) >= 11 is 8.01. The molecule has 23 heavy (non-hydrogen) atoms. The van der Waals surface area contributed by atoms with Crippen molar-refractivity contribution in [3.05, 3.63) is 43.5 Å². The highest BCUT2D eigenvalue weighted by atomic mass is 79.9. The zero-order valence-electron chi connectivity index (χ0n) is 12.1. The van der Waals surface area contributed by atoms with Gasteiger partial charge in [-0.3, -0.25) is 9.52 Å². The lowest BCUT2D eigenvalue weighted by atomic mass is 10.3. The average molecular weight is 482 g/mol. The summed E-state index contributed by atoms with van der Waals surface area (Å²) in [6, 6.07) is 8.27. The minimum atomic E-state index is -3.31. The van der Waals surface area contributed by atoms with Crippen molar-refractivity contribution in [2.75, 3.05) is 15.8 Å². The summed E-state index contributed by atoms with van der Waals surface area (Å²) in [4.78, 5) is 12.7. The summed E-state index contributed by atoms with van der Waals surface area (Å²) in [6.45, 7) is 1.80. The second kappa shape index (κ2) is 7.78. The number of hydrogen-bond acceptors (Lipinski definition) is 4. The molecule has 0 saturated heterocycles. The fourth-order valence-corrected chi connectivity index (χ4v) is 4.84. The lowest BCUT2D eigenvalue weighted by molar-refractivity contribution is 0.103. The largest absolute Gasteiger partial charge is 0.321 e. The molecule has 1 heterocycles. The maximum Gasteiger partial charge on any atom is 0.265 e. The molecule has 0 aliphatic rings. The van der Waals surface area contributed by atoms with Crippen LogP contribution in [0.25, 0.3) is 0 Å². The molecule has 2 rings (SSSR count). The van der Waals surface area contributed by atoms with E-state index in [0.29, 0.717) is 22.7 Å². The fraction of sp³-hybridized carbons (Fsp3) is 0.214. The van der Waals surface area contributed by atoms with Gasteiger partial charge in [0.1, 0.15) is 0 Å². The molecule has 0 fully saturated rings. The molecule has 5 nitrogen and oxygen atoms in total. The van der Waals surface area contributed by atoms with Gasteiger partial charge in [-0.25, -0.2) is 8.42 Å². The summed E-state index contributed by atoms with van der Waals surface area (Å²) in [7, 11) is -3.31. The number of hydrogen-bond donors (Lipinski definition) is 2. The van der Waals surface area contributed by atoms with Crippen LogP contribution in [0.15, 0.2) is 38.6 Å². The monoisotopic (exact) mass is 480 g/mol. The number of amides is 1. The van der Waals surface area contributed by atoms with Crippen molar-refractivity contribution >= 4 is 70.5 Å². The van der Waals surface area contributed by atoms with Crippen molar-refractivity contribution in [1.29, 1.82) is 0 Å². The van der Waals surface area contributed by atoms with E-state index in [9.17, 15) is 13.2 Å². The number of anilines is 2. The highest BCUT2D eigenvalue weighted by molar-refractivity contribution is 9.13. The molecule has 0 aliphatic carbocycles. The third-order valence-corrected chi connectivity index (χ3v) is 7.51. The third-order valence-electron chi connectivity index (χ3n) is 2.76. The van der Waals surface area contributed by atoms with Crippen LogP contribution in [0.2, 0.25) is 0 Å². The van der Waals surface area contributed by atoms with Crippen molar-refractivity contribution in [3.8, 4) is 0 Å². The Morgan fingerprint density at radius 2 is 1.78 bits per heavy atom. The van der Waals surface area contributed by atoms with Gasteiger partial charge in [0.25, 0.3) is 5.91 Å². The van der Waals surface area contributed by atoms with Gasteiger partial charge < -0.3 is 5.32 Å². The molecule has 9 heteroatoms. The molecule has 0 aliphatic heterocycles. The van der Waals surface area contributed by atoms with Crippen LogP contribution in [0.4, 0.5) is 11.4 Å². The Kier molecular flexibility index (Phi) is 6.24. The van der Waals surface area contributed by atoms with Crippen LogP contribution in [0.5, 0.6) is 0 Å². The average Bonchev–Trinajstić information content (AvgIpc) is 2.80. The molecular weight excluding hydrogens is 468 g/mol. The van der Waals surface area contributed by atoms with Crippen LogP contribution >= 0.6 is 43.2 Å². The van der Waals surface area contributed by atoms with E-state index in [1.54, 1.807) is 37.3 Å². The standard InChI is InChI=1S/C14H14Br2N2O3S2/c1-2-7-23(20,21)18-10-5-3-9(4-6-10)17-14(19)12-8-11(15)13(16)22-12/h3-6,8,18H,2,7H2,1H3,(H,17,19). The molecule has 2 aromatic rings. The number of carbonyl (C=O) groups is 1. The number of carbonyl (C=O) groups excluding carboxylic acids is 1. The van der Waals surface area contributed by atoms with Crippen molar-refractivity contribution in [3.63, 3.8) is 0 Å². The van der Waals surface area contributed by atoms with Crippen LogP contribution in [0.3, 0.4) is 0 Å². The molecular formula is C14H14Br2N2O3S2. The minimum Gasteiger partial charge on any atom is -0.321 e. The van der Waals surface area contributed by atoms with Crippen molar-refractivity contribution in [2.24, 2.45) is 0 Å². The Balaban J connectivity index is 2.04. The first-order valence-corrected chi connectivity index (χ1v) is 10.7. The van der Waals surface area contributed by atoms with Crippen molar-refractivity contribution < 1.29 is 13.2 Å². The van der Waals surface area contributed by atoms with E-state index in [4.69, 9.17) is 0 Å². The van der Waals surface area contributed by atoms with Crippen LogP contribution < -0.4 is 10.0 Å². The lowest BCUT2D eigenvalue weighted by Gasteiger charge is -2.08. The van der Waals surface area contributed by atoms with Gasteiger partial charge in [-0.15, -0.1) is 11.3 Å². The number of rotatable bonds is 6. The first-order chi connectivity index (χ1) is 10.8. The van der Waals surface area contributed by atoms with E-state index in [-0.39, 0.29) is 11.7 Å². The van der Waals surface area contributed by atoms with E-state index >= 15 is 0 Å². The highest BCUT2D eigenvalue weighted by Crippen LogP contribution is 2.32. The Hall–Kier alpha value is -0.900. The molecule has 0 spiro atoms. The smallest absolute Gasteiger partial charge is 0.265 e. The Morgan fingerprint density at radius 3 is 2.30 bits per heavy atom. The zero-order valence-corrected chi connectivity index (χ0v) is 16.9. The van der Waals surface area contributed by atoms with Gasteiger partial charge >= 0.3 is 0 Å². The molecule has 0 radical (unpaired) electrons. The molecule has 0 bridgehead atoms. The summed E-state index contributed by atoms with van der Waals surface area (Å²) in [5.74, 6) is -0.145. The van der Waals surface area contributed by atoms with Crippen LogP contribution in [-0.2, 0) is 10.0 Å². The fourth-order valence-electron chi connectivity index (χ4n) is 1.77. The number of thiophene rings is 1. The molecule has 0 unspecified atom stereocenters. The van der Waals surface area contributed by atoms with Gasteiger partial charge in [-0.1, -0.05) is 6.92 Å². The van der Waals surface area contributed by atoms with Gasteiger partial charge in [-0.2, -0.15) is 0 Å². The van der Waals surface area contributed by atoms with E-state index in [0.717, 1.165) is 8.26 Å². The molecule has 0 atom stereocenters. The van der Waals surface area contributed by atoms with Gasteiger partial charge in [0, 0.05) is 15.8 Å². The second-order valence-corrected chi connectivity index (χ2v) is 9.75. The molecule has 124 valence electrons. The quantitative estimate of drug-likeness (QED) is 0.629. The predicted molar refractivity (Wildman–Crippen MR) is 102 cm³/mol. The molecule has 1 aromatic heterocycles. The van der Waals surface area contributed by atoms with Crippen LogP contribution in [0.1, 0.15) is 23.0 Å². The number of nitrogens with one attached hydrogen (secondary N) is 2. The number of benzene rings is 1. The minimum absolute atomic E-state index is 0.0770. The van der Waals surface area contributed by atoms with Crippen LogP contribution in [0, 0.1) is 0 Å². The van der Waals surface area contributed by atoms with E-state index in [2.05, 4.69) is 41.9 Å². The Morgan fingerprint density at radius 1 is 1.17 bits per heavy atom. The topological polar surface area (TPSA) is 75.3 Å². The maximum absolute atomic E-state index is 12.1.